The molecule has 5 nitrogen and oxygen atoms in total. The number of hydrogen-bond donors (Lipinski definition) is 2. The van der Waals surface area contributed by atoms with Crippen molar-refractivity contribution in [3.8, 4) is 0 Å². The van der Waals surface area contributed by atoms with E-state index in [1.165, 1.54) is 6.33 Å². The monoisotopic (exact) mass is 204 g/mol. The van der Waals surface area contributed by atoms with Crippen LogP contribution in [-0.2, 0) is 4.79 Å². The molecule has 0 saturated carbocycles. The van der Waals surface area contributed by atoms with E-state index in [0.29, 0.717) is 5.82 Å². The largest absolute Gasteiger partial charge is 0.479 e. The summed E-state index contributed by atoms with van der Waals surface area (Å²) in [5.41, 5.74) is 0.823. The number of hydrogen-bond acceptors (Lipinski definition) is 3. The first-order valence-corrected chi connectivity index (χ1v) is 4.48. The third-order valence-corrected chi connectivity index (χ3v) is 2.00. The second-order valence-corrected chi connectivity index (χ2v) is 3.04. The van der Waals surface area contributed by atoms with Gasteiger partial charge < -0.3 is 5.11 Å². The van der Waals surface area contributed by atoms with Gasteiger partial charge in [-0.1, -0.05) is 12.1 Å². The summed E-state index contributed by atoms with van der Waals surface area (Å²) in [4.78, 5) is 17.4. The fraction of sp³-hybridized carbons (Fsp3) is 0.100. The molecule has 0 saturated heterocycles. The second-order valence-electron chi connectivity index (χ2n) is 3.04. The number of aromatic amines is 1. The number of nitrogens with zero attached hydrogens (tertiary/aromatic N) is 1. The molecule has 0 spiro atoms. The molecule has 0 amide bonds. The van der Waals surface area contributed by atoms with Gasteiger partial charge in [0.05, 0.1) is 5.39 Å². The van der Waals surface area contributed by atoms with Crippen LogP contribution < -0.4 is 10.3 Å². The number of para-hydroxylation sites is 1. The highest BCUT2D eigenvalue weighted by Gasteiger charge is 2.08. The Labute approximate surface area is 85.8 Å². The maximum Gasteiger partial charge on any atom is 0.337 e. The standard InChI is InChI=1S/C10H9N3O2/c14-9(15)5-11-10-7-3-1-2-4-8(7)12-6-13-10/h1-4,6H,5H2,(H,14,15)(H,11,12,13)/p+1. The van der Waals surface area contributed by atoms with Crippen LogP contribution >= 0.6 is 0 Å². The van der Waals surface area contributed by atoms with Crippen molar-refractivity contribution < 1.29 is 14.9 Å². The van der Waals surface area contributed by atoms with Gasteiger partial charge >= 0.3 is 5.97 Å². The minimum Gasteiger partial charge on any atom is -0.479 e. The molecule has 5 heteroatoms. The molecule has 0 aliphatic heterocycles. The molecule has 1 aromatic heterocycles. The van der Waals surface area contributed by atoms with Gasteiger partial charge in [0.15, 0.2) is 12.1 Å². The quantitative estimate of drug-likeness (QED) is 0.765. The molecule has 0 unspecified atom stereocenters. The molecule has 0 aliphatic rings. The van der Waals surface area contributed by atoms with Crippen LogP contribution in [0, 0.1) is 0 Å². The number of carbonyl (C=O) groups is 1. The van der Waals surface area contributed by atoms with Crippen LogP contribution in [0.2, 0.25) is 0 Å². The molecule has 0 radical (unpaired) electrons. The summed E-state index contributed by atoms with van der Waals surface area (Å²) >= 11 is 0. The smallest absolute Gasteiger partial charge is 0.337 e. The van der Waals surface area contributed by atoms with Gasteiger partial charge in [0, 0.05) is 0 Å². The minimum atomic E-state index is -0.899. The first-order valence-electron chi connectivity index (χ1n) is 4.48. The van der Waals surface area contributed by atoms with Crippen LogP contribution in [0.1, 0.15) is 0 Å². The molecule has 0 fully saturated rings. The maximum absolute atomic E-state index is 10.4. The summed E-state index contributed by atoms with van der Waals surface area (Å²) in [5, 5.41) is 12.2. The Kier molecular flexibility index (Phi) is 2.45. The molecule has 15 heavy (non-hydrogen) atoms. The number of anilines is 1. The van der Waals surface area contributed by atoms with Gasteiger partial charge in [0.1, 0.15) is 0 Å². The van der Waals surface area contributed by atoms with E-state index in [1.54, 1.807) is 0 Å². The van der Waals surface area contributed by atoms with Gasteiger partial charge in [-0.2, -0.15) is 0 Å². The van der Waals surface area contributed by atoms with E-state index in [-0.39, 0.29) is 6.54 Å². The molecule has 1 aromatic carbocycles. The van der Waals surface area contributed by atoms with Crippen molar-refractivity contribution in [1.82, 2.24) is 4.98 Å². The number of aromatic nitrogens is 2. The Balaban J connectivity index is 2.38. The SMILES string of the molecule is O=C(O)CNc1[nH+]cnc2ccccc12. The zero-order valence-corrected chi connectivity index (χ0v) is 7.90. The second kappa shape index (κ2) is 3.91. The Hall–Kier alpha value is -2.17. The van der Waals surface area contributed by atoms with Crippen LogP contribution in [0.4, 0.5) is 5.82 Å². The number of nitrogens with one attached hydrogen (secondary N) is 2. The van der Waals surface area contributed by atoms with Crippen molar-refractivity contribution in [3.63, 3.8) is 0 Å². The molecule has 1 heterocycles. The summed E-state index contributed by atoms with van der Waals surface area (Å²) in [5.74, 6) is -0.229. The van der Waals surface area contributed by atoms with E-state index < -0.39 is 5.97 Å². The normalized spacial score (nSPS) is 10.1. The van der Waals surface area contributed by atoms with E-state index in [2.05, 4.69) is 15.3 Å². The Morgan fingerprint density at radius 3 is 3.07 bits per heavy atom. The van der Waals surface area contributed by atoms with Crippen LogP contribution in [0.15, 0.2) is 30.6 Å². The zero-order chi connectivity index (χ0) is 10.7. The Morgan fingerprint density at radius 2 is 2.27 bits per heavy atom. The van der Waals surface area contributed by atoms with Crippen molar-refractivity contribution in [2.75, 3.05) is 11.9 Å². The lowest BCUT2D eigenvalue weighted by Crippen LogP contribution is -2.19. The molecule has 0 atom stereocenters. The number of aliphatic carboxylic acids is 1. The number of fused-ring (bicyclic) bond motifs is 1. The Morgan fingerprint density at radius 1 is 1.47 bits per heavy atom. The molecule has 3 N–H and O–H groups in total. The first kappa shape index (κ1) is 9.39. The maximum atomic E-state index is 10.4. The molecule has 76 valence electrons. The average Bonchev–Trinajstić information content (AvgIpc) is 2.26. The molecule has 0 bridgehead atoms. The molecular formula is C10H10N3O2+. The van der Waals surface area contributed by atoms with Gasteiger partial charge in [-0.15, -0.1) is 4.98 Å². The highest BCUT2D eigenvalue weighted by Crippen LogP contribution is 2.15. The van der Waals surface area contributed by atoms with Crippen LogP contribution in [0.25, 0.3) is 10.9 Å². The van der Waals surface area contributed by atoms with Crippen molar-refractivity contribution in [2.45, 2.75) is 0 Å². The lowest BCUT2D eigenvalue weighted by Gasteiger charge is -1.99. The van der Waals surface area contributed by atoms with Gasteiger partial charge in [-0.25, -0.2) is 9.78 Å². The Bertz CT molecular complexity index is 493. The van der Waals surface area contributed by atoms with Crippen LogP contribution in [0.5, 0.6) is 0 Å². The topological polar surface area (TPSA) is 76.4 Å². The first-order chi connectivity index (χ1) is 7.27. The van der Waals surface area contributed by atoms with E-state index in [1.807, 2.05) is 24.3 Å². The minimum absolute atomic E-state index is 0.121. The fourth-order valence-corrected chi connectivity index (χ4v) is 1.35. The van der Waals surface area contributed by atoms with E-state index in [9.17, 15) is 4.79 Å². The lowest BCUT2D eigenvalue weighted by atomic mass is 10.2. The third-order valence-electron chi connectivity index (χ3n) is 2.00. The molecular weight excluding hydrogens is 194 g/mol. The summed E-state index contributed by atoms with van der Waals surface area (Å²) in [6, 6.07) is 7.51. The lowest BCUT2D eigenvalue weighted by molar-refractivity contribution is -0.364. The zero-order valence-electron chi connectivity index (χ0n) is 7.90. The van der Waals surface area contributed by atoms with Gasteiger partial charge in [0.2, 0.25) is 12.1 Å². The van der Waals surface area contributed by atoms with Gasteiger partial charge in [-0.05, 0) is 12.1 Å². The van der Waals surface area contributed by atoms with Gasteiger partial charge in [-0.3, -0.25) is 5.32 Å². The van der Waals surface area contributed by atoms with E-state index in [0.717, 1.165) is 10.9 Å². The summed E-state index contributed by atoms with van der Waals surface area (Å²) in [7, 11) is 0. The van der Waals surface area contributed by atoms with E-state index >= 15 is 0 Å². The van der Waals surface area contributed by atoms with E-state index in [4.69, 9.17) is 5.11 Å². The van der Waals surface area contributed by atoms with Crippen LogP contribution in [0.3, 0.4) is 0 Å². The number of carboxylic acid groups (broad SMARTS) is 1. The predicted octanol–water partition coefficient (Wildman–Crippen LogP) is 0.545. The molecule has 0 aliphatic carbocycles. The average molecular weight is 204 g/mol. The summed E-state index contributed by atoms with van der Waals surface area (Å²) in [6.45, 7) is -0.121. The third kappa shape index (κ3) is 2.01. The number of benzene rings is 1. The fourth-order valence-electron chi connectivity index (χ4n) is 1.35. The van der Waals surface area contributed by atoms with Gasteiger partial charge in [0.25, 0.3) is 0 Å². The number of rotatable bonds is 3. The molecule has 2 rings (SSSR count). The van der Waals surface area contributed by atoms with Crippen molar-refractivity contribution in [2.24, 2.45) is 0 Å². The summed E-state index contributed by atoms with van der Waals surface area (Å²) in [6.07, 6.45) is 1.53. The highest BCUT2D eigenvalue weighted by molar-refractivity contribution is 5.88. The van der Waals surface area contributed by atoms with Crippen molar-refractivity contribution in [3.05, 3.63) is 30.6 Å². The summed E-state index contributed by atoms with van der Waals surface area (Å²) < 4.78 is 0. The van der Waals surface area contributed by atoms with Crippen LogP contribution in [-0.4, -0.2) is 22.6 Å². The number of H-pyrrole nitrogens is 1. The molecule has 2 aromatic rings. The highest BCUT2D eigenvalue weighted by atomic mass is 16.4. The van der Waals surface area contributed by atoms with Crippen molar-refractivity contribution in [1.29, 1.82) is 0 Å². The number of carboxylic acids is 1. The predicted molar refractivity (Wildman–Crippen MR) is 54.4 cm³/mol. The van der Waals surface area contributed by atoms with Crippen molar-refractivity contribution >= 4 is 22.7 Å².